The number of halogens is 3. The van der Waals surface area contributed by atoms with Crippen LogP contribution in [0.5, 0.6) is 0 Å². The second-order valence-corrected chi connectivity index (χ2v) is 4.48. The second kappa shape index (κ2) is 8.34. The molecule has 0 aliphatic rings. The summed E-state index contributed by atoms with van der Waals surface area (Å²) >= 11 is 0. The van der Waals surface area contributed by atoms with E-state index in [2.05, 4.69) is 0 Å². The third kappa shape index (κ3) is 7.53. The number of alkyl halides is 3. The monoisotopic (exact) mass is 268 g/mol. The smallest absolute Gasteiger partial charge is 0.332 e. The topological polar surface area (TPSA) is 46.3 Å². The summed E-state index contributed by atoms with van der Waals surface area (Å²) in [6.07, 6.45) is -1.01. The lowest BCUT2D eigenvalue weighted by atomic mass is 10.1. The molecular formula is C12H23F3N2O. The molecule has 0 radical (unpaired) electrons. The number of nitrogens with two attached hydrogens (primary N) is 1. The molecule has 0 aromatic rings. The van der Waals surface area contributed by atoms with E-state index >= 15 is 0 Å². The highest BCUT2D eigenvalue weighted by Gasteiger charge is 2.34. The number of hydrogen-bond acceptors (Lipinski definition) is 2. The Morgan fingerprint density at radius 2 is 1.78 bits per heavy atom. The van der Waals surface area contributed by atoms with E-state index < -0.39 is 24.7 Å². The highest BCUT2D eigenvalue weighted by molar-refractivity contribution is 5.81. The van der Waals surface area contributed by atoms with Gasteiger partial charge < -0.3 is 10.6 Å². The van der Waals surface area contributed by atoms with Gasteiger partial charge >= 0.3 is 6.18 Å². The number of amides is 1. The maximum absolute atomic E-state index is 12.4. The summed E-state index contributed by atoms with van der Waals surface area (Å²) < 4.78 is 37.1. The van der Waals surface area contributed by atoms with Gasteiger partial charge in [0.2, 0.25) is 5.91 Å². The third-order valence-corrected chi connectivity index (χ3v) is 2.65. The summed E-state index contributed by atoms with van der Waals surface area (Å²) in [6.45, 7) is 2.73. The lowest BCUT2D eigenvalue weighted by molar-refractivity contribution is -0.162. The number of carbonyl (C=O) groups excluding carboxylic acids is 1. The maximum atomic E-state index is 12.4. The van der Waals surface area contributed by atoms with Crippen LogP contribution in [0.25, 0.3) is 0 Å². The normalized spacial score (nSPS) is 13.4. The first-order valence-corrected chi connectivity index (χ1v) is 6.43. The van der Waals surface area contributed by atoms with Crippen molar-refractivity contribution < 1.29 is 18.0 Å². The van der Waals surface area contributed by atoms with Crippen LogP contribution in [0, 0.1) is 0 Å². The summed E-state index contributed by atoms with van der Waals surface area (Å²) in [6, 6.07) is -0.816. The van der Waals surface area contributed by atoms with Gasteiger partial charge in [0.1, 0.15) is 6.54 Å². The average Bonchev–Trinajstić information content (AvgIpc) is 2.29. The highest BCUT2D eigenvalue weighted by Crippen LogP contribution is 2.18. The van der Waals surface area contributed by atoms with E-state index in [0.717, 1.165) is 24.2 Å². The predicted octanol–water partition coefficient (Wildman–Crippen LogP) is 2.69. The molecule has 0 saturated heterocycles. The molecule has 2 N–H and O–H groups in total. The minimum atomic E-state index is -4.37. The lowest BCUT2D eigenvalue weighted by Crippen LogP contribution is -2.47. The van der Waals surface area contributed by atoms with Gasteiger partial charge in [-0.05, 0) is 12.8 Å². The van der Waals surface area contributed by atoms with E-state index in [4.69, 9.17) is 5.73 Å². The first kappa shape index (κ1) is 17.2. The molecule has 1 atom stereocenters. The van der Waals surface area contributed by atoms with E-state index in [0.29, 0.717) is 12.8 Å². The van der Waals surface area contributed by atoms with Gasteiger partial charge in [0.05, 0.1) is 6.04 Å². The van der Waals surface area contributed by atoms with Gasteiger partial charge in [-0.15, -0.1) is 0 Å². The molecule has 1 amide bonds. The van der Waals surface area contributed by atoms with Crippen LogP contribution in [0.15, 0.2) is 0 Å². The summed E-state index contributed by atoms with van der Waals surface area (Å²) in [5.74, 6) is -0.589. The van der Waals surface area contributed by atoms with Crippen LogP contribution < -0.4 is 5.73 Å². The van der Waals surface area contributed by atoms with Gasteiger partial charge in [-0.3, -0.25) is 4.79 Å². The van der Waals surface area contributed by atoms with Crippen molar-refractivity contribution in [3.63, 3.8) is 0 Å². The van der Waals surface area contributed by atoms with E-state index in [-0.39, 0.29) is 6.54 Å². The number of hydrogen-bond donors (Lipinski definition) is 1. The molecule has 3 nitrogen and oxygen atoms in total. The third-order valence-electron chi connectivity index (χ3n) is 2.65. The van der Waals surface area contributed by atoms with Crippen LogP contribution in [-0.4, -0.2) is 36.1 Å². The van der Waals surface area contributed by atoms with Crippen LogP contribution in [-0.2, 0) is 4.79 Å². The van der Waals surface area contributed by atoms with Crippen LogP contribution in [0.1, 0.15) is 46.0 Å². The average molecular weight is 268 g/mol. The molecule has 0 aliphatic heterocycles. The Morgan fingerprint density at radius 3 is 2.22 bits per heavy atom. The zero-order valence-corrected chi connectivity index (χ0v) is 11.1. The summed E-state index contributed by atoms with van der Waals surface area (Å²) in [5, 5.41) is 0. The molecule has 0 aromatic carbocycles. The molecule has 0 heterocycles. The number of rotatable bonds is 8. The van der Waals surface area contributed by atoms with Gasteiger partial charge in [-0.1, -0.05) is 33.1 Å². The zero-order chi connectivity index (χ0) is 14.2. The predicted molar refractivity (Wildman–Crippen MR) is 65.0 cm³/mol. The molecule has 0 fully saturated rings. The van der Waals surface area contributed by atoms with Crippen molar-refractivity contribution in [2.45, 2.75) is 58.2 Å². The number of nitrogens with zero attached hydrogens (tertiary/aromatic N) is 1. The zero-order valence-electron chi connectivity index (χ0n) is 11.1. The molecule has 0 spiro atoms. The first-order valence-electron chi connectivity index (χ1n) is 6.43. The van der Waals surface area contributed by atoms with Gasteiger partial charge in [0.25, 0.3) is 0 Å². The van der Waals surface area contributed by atoms with Crippen molar-refractivity contribution in [1.82, 2.24) is 4.90 Å². The first-order chi connectivity index (χ1) is 8.31. The summed E-state index contributed by atoms with van der Waals surface area (Å²) in [7, 11) is 0. The van der Waals surface area contributed by atoms with Crippen molar-refractivity contribution in [2.75, 3.05) is 13.1 Å². The fraction of sp³-hybridized carbons (Fsp3) is 0.917. The van der Waals surface area contributed by atoms with Crippen molar-refractivity contribution in [3.05, 3.63) is 0 Å². The van der Waals surface area contributed by atoms with E-state index in [1.54, 1.807) is 0 Å². The van der Waals surface area contributed by atoms with Crippen LogP contribution in [0.2, 0.25) is 0 Å². The Balaban J connectivity index is 4.47. The highest BCUT2D eigenvalue weighted by atomic mass is 19.4. The Kier molecular flexibility index (Phi) is 7.98. The van der Waals surface area contributed by atoms with E-state index in [9.17, 15) is 18.0 Å². The second-order valence-electron chi connectivity index (χ2n) is 4.48. The maximum Gasteiger partial charge on any atom is 0.406 e. The van der Waals surface area contributed by atoms with Gasteiger partial charge in [0, 0.05) is 6.54 Å². The van der Waals surface area contributed by atoms with Crippen molar-refractivity contribution >= 4 is 5.91 Å². The molecule has 0 saturated carbocycles. The Labute approximate surface area is 107 Å². The van der Waals surface area contributed by atoms with Gasteiger partial charge in [-0.25, -0.2) is 0 Å². The SMILES string of the molecule is CCCCC(N)C(=O)N(CCCC)CC(F)(F)F. The molecule has 1 unspecified atom stereocenters. The molecule has 18 heavy (non-hydrogen) atoms. The van der Waals surface area contributed by atoms with E-state index in [1.807, 2.05) is 13.8 Å². The van der Waals surface area contributed by atoms with Gasteiger partial charge in [0.15, 0.2) is 0 Å². The van der Waals surface area contributed by atoms with Crippen LogP contribution >= 0.6 is 0 Å². The molecule has 6 heteroatoms. The minimum absolute atomic E-state index is 0.120. The van der Waals surface area contributed by atoms with Crippen molar-refractivity contribution in [3.8, 4) is 0 Å². The number of carbonyl (C=O) groups is 1. The van der Waals surface area contributed by atoms with Gasteiger partial charge in [-0.2, -0.15) is 13.2 Å². The molecular weight excluding hydrogens is 245 g/mol. The van der Waals surface area contributed by atoms with Crippen LogP contribution in [0.4, 0.5) is 13.2 Å². The Hall–Kier alpha value is -0.780. The number of unbranched alkanes of at least 4 members (excludes halogenated alkanes) is 2. The van der Waals surface area contributed by atoms with Crippen molar-refractivity contribution in [1.29, 1.82) is 0 Å². The minimum Gasteiger partial charge on any atom is -0.332 e. The quantitative estimate of drug-likeness (QED) is 0.735. The molecule has 108 valence electrons. The molecule has 0 bridgehead atoms. The molecule has 0 rings (SSSR count). The largest absolute Gasteiger partial charge is 0.406 e. The van der Waals surface area contributed by atoms with Crippen LogP contribution in [0.3, 0.4) is 0 Å². The fourth-order valence-corrected chi connectivity index (χ4v) is 1.61. The lowest BCUT2D eigenvalue weighted by Gasteiger charge is -2.26. The Morgan fingerprint density at radius 1 is 1.22 bits per heavy atom. The van der Waals surface area contributed by atoms with E-state index in [1.165, 1.54) is 0 Å². The summed E-state index contributed by atoms with van der Waals surface area (Å²) in [5.41, 5.74) is 5.64. The fourth-order valence-electron chi connectivity index (χ4n) is 1.61. The summed E-state index contributed by atoms with van der Waals surface area (Å²) in [4.78, 5) is 12.7. The Bertz CT molecular complexity index is 244. The van der Waals surface area contributed by atoms with Crippen molar-refractivity contribution in [2.24, 2.45) is 5.73 Å². The standard InChI is InChI=1S/C12H23F3N2O/c1-3-5-7-10(16)11(18)17(8-6-4-2)9-12(13,14)15/h10H,3-9,16H2,1-2H3. The molecule has 0 aromatic heterocycles. The molecule has 0 aliphatic carbocycles.